The van der Waals surface area contributed by atoms with E-state index in [-0.39, 0.29) is 11.9 Å². The summed E-state index contributed by atoms with van der Waals surface area (Å²) in [6.45, 7) is -0.129. The molecule has 0 aromatic carbocycles. The molecule has 8 heteroatoms. The number of halogens is 5. The molecule has 2 N–H and O–H groups in total. The van der Waals surface area contributed by atoms with Crippen molar-refractivity contribution in [3.05, 3.63) is 23.9 Å². The topological polar surface area (TPSA) is 48.1 Å². The molecular weight excluding hydrogens is 259 g/mol. The van der Waals surface area contributed by atoms with E-state index in [2.05, 4.69) is 9.72 Å². The Hall–Kier alpha value is -1.44. The Balaban J connectivity index is 2.64. The van der Waals surface area contributed by atoms with Gasteiger partial charge in [0, 0.05) is 18.3 Å². The summed E-state index contributed by atoms with van der Waals surface area (Å²) in [5, 5.41) is 0. The number of aromatic nitrogens is 1. The summed E-state index contributed by atoms with van der Waals surface area (Å²) in [5.74, 6) is -5.22. The molecule has 1 aromatic heterocycles. The van der Waals surface area contributed by atoms with Gasteiger partial charge in [0.15, 0.2) is 6.61 Å². The third kappa shape index (κ3) is 3.52. The minimum absolute atomic E-state index is 0.316. The number of hydrogen-bond donors (Lipinski definition) is 1. The van der Waals surface area contributed by atoms with Crippen LogP contribution in [0.5, 0.6) is 5.88 Å². The number of rotatable bonds is 4. The van der Waals surface area contributed by atoms with Gasteiger partial charge in [0.05, 0.1) is 0 Å². The van der Waals surface area contributed by atoms with Crippen molar-refractivity contribution < 1.29 is 26.7 Å². The maximum atomic E-state index is 12.5. The fraction of sp³-hybridized carbons (Fsp3) is 0.500. The molecule has 0 amide bonds. The summed E-state index contributed by atoms with van der Waals surface area (Å²) in [6.07, 6.45) is -4.38. The van der Waals surface area contributed by atoms with Crippen LogP contribution in [0.2, 0.25) is 0 Å². The van der Waals surface area contributed by atoms with Gasteiger partial charge in [0.2, 0.25) is 5.88 Å². The van der Waals surface area contributed by atoms with Crippen molar-refractivity contribution in [2.75, 3.05) is 6.61 Å². The van der Waals surface area contributed by atoms with Gasteiger partial charge in [-0.1, -0.05) is 6.07 Å². The summed E-state index contributed by atoms with van der Waals surface area (Å²) >= 11 is 0. The van der Waals surface area contributed by atoms with Crippen LogP contribution in [0.15, 0.2) is 18.3 Å². The second kappa shape index (κ2) is 5.05. The minimum Gasteiger partial charge on any atom is -0.471 e. The lowest BCUT2D eigenvalue weighted by Gasteiger charge is -2.19. The zero-order valence-electron chi connectivity index (χ0n) is 9.34. The van der Waals surface area contributed by atoms with Gasteiger partial charge in [-0.15, -0.1) is 0 Å². The van der Waals surface area contributed by atoms with Gasteiger partial charge >= 0.3 is 12.1 Å². The Bertz CT molecular complexity index is 388. The van der Waals surface area contributed by atoms with Gasteiger partial charge in [-0.2, -0.15) is 22.0 Å². The van der Waals surface area contributed by atoms with E-state index in [1.165, 1.54) is 18.3 Å². The molecule has 1 heterocycles. The molecule has 0 spiro atoms. The Kier molecular flexibility index (Phi) is 4.10. The molecule has 1 rings (SSSR count). The molecule has 0 fully saturated rings. The first-order chi connectivity index (χ1) is 8.13. The average molecular weight is 270 g/mol. The second-order valence-electron chi connectivity index (χ2n) is 3.71. The third-order valence-electron chi connectivity index (χ3n) is 2.10. The molecule has 0 saturated heterocycles. The van der Waals surface area contributed by atoms with E-state index < -0.39 is 18.7 Å². The lowest BCUT2D eigenvalue weighted by Crippen LogP contribution is -2.41. The Labute approximate surface area is 99.8 Å². The maximum absolute atomic E-state index is 12.5. The normalized spacial score (nSPS) is 14.4. The molecule has 0 aliphatic rings. The van der Waals surface area contributed by atoms with Crippen LogP contribution in [0, 0.1) is 0 Å². The smallest absolute Gasteiger partial charge is 0.456 e. The molecule has 0 radical (unpaired) electrons. The molecule has 0 saturated carbocycles. The fourth-order valence-electron chi connectivity index (χ4n) is 0.993. The zero-order valence-corrected chi connectivity index (χ0v) is 9.34. The first kappa shape index (κ1) is 14.6. The van der Waals surface area contributed by atoms with Crippen molar-refractivity contribution in [1.29, 1.82) is 0 Å². The SMILES string of the molecule is CC(N)c1ccc(OCC(F)(F)C(F)(F)F)nc1. The van der Waals surface area contributed by atoms with Crippen molar-refractivity contribution in [1.82, 2.24) is 4.98 Å². The maximum Gasteiger partial charge on any atom is 0.456 e. The van der Waals surface area contributed by atoms with E-state index in [9.17, 15) is 22.0 Å². The zero-order chi connectivity index (χ0) is 14.0. The van der Waals surface area contributed by atoms with Crippen LogP contribution >= 0.6 is 0 Å². The van der Waals surface area contributed by atoms with Crippen molar-refractivity contribution >= 4 is 0 Å². The molecule has 1 atom stereocenters. The molecule has 1 unspecified atom stereocenters. The van der Waals surface area contributed by atoms with Crippen LogP contribution < -0.4 is 10.5 Å². The first-order valence-electron chi connectivity index (χ1n) is 4.92. The molecule has 0 aliphatic carbocycles. The van der Waals surface area contributed by atoms with Gasteiger partial charge in [-0.05, 0) is 12.5 Å². The van der Waals surface area contributed by atoms with E-state index >= 15 is 0 Å². The number of ether oxygens (including phenoxy) is 1. The van der Waals surface area contributed by atoms with Crippen LogP contribution in [0.25, 0.3) is 0 Å². The summed E-state index contributed by atoms with van der Waals surface area (Å²) in [4.78, 5) is 3.58. The third-order valence-corrected chi connectivity index (χ3v) is 2.10. The summed E-state index contributed by atoms with van der Waals surface area (Å²) in [6, 6.07) is 2.31. The number of alkyl halides is 5. The predicted octanol–water partition coefficient (Wildman–Crippen LogP) is 2.68. The van der Waals surface area contributed by atoms with Gasteiger partial charge in [-0.25, -0.2) is 4.98 Å². The van der Waals surface area contributed by atoms with Crippen LogP contribution in [-0.4, -0.2) is 23.7 Å². The number of nitrogens with zero attached hydrogens (tertiary/aromatic N) is 1. The van der Waals surface area contributed by atoms with Crippen LogP contribution in [-0.2, 0) is 0 Å². The predicted molar refractivity (Wildman–Crippen MR) is 53.3 cm³/mol. The van der Waals surface area contributed by atoms with Crippen molar-refractivity contribution in [2.45, 2.75) is 25.1 Å². The van der Waals surface area contributed by atoms with Gasteiger partial charge < -0.3 is 10.5 Å². The largest absolute Gasteiger partial charge is 0.471 e. The van der Waals surface area contributed by atoms with Crippen molar-refractivity contribution in [2.24, 2.45) is 5.73 Å². The molecule has 102 valence electrons. The number of nitrogens with two attached hydrogens (primary N) is 1. The lowest BCUT2D eigenvalue weighted by molar-refractivity contribution is -0.290. The van der Waals surface area contributed by atoms with Crippen molar-refractivity contribution in [3.63, 3.8) is 0 Å². The number of pyridine rings is 1. The Morgan fingerprint density at radius 3 is 2.28 bits per heavy atom. The summed E-state index contributed by atoms with van der Waals surface area (Å²) < 4.78 is 64.9. The van der Waals surface area contributed by atoms with E-state index in [0.717, 1.165) is 0 Å². The molecule has 3 nitrogen and oxygen atoms in total. The summed E-state index contributed by atoms with van der Waals surface area (Å²) in [5.41, 5.74) is 6.13. The van der Waals surface area contributed by atoms with Crippen LogP contribution in [0.1, 0.15) is 18.5 Å². The Morgan fingerprint density at radius 1 is 1.28 bits per heavy atom. The fourth-order valence-corrected chi connectivity index (χ4v) is 0.993. The monoisotopic (exact) mass is 270 g/mol. The summed E-state index contributed by atoms with van der Waals surface area (Å²) in [7, 11) is 0. The quantitative estimate of drug-likeness (QED) is 0.856. The van der Waals surface area contributed by atoms with Gasteiger partial charge in [0.25, 0.3) is 0 Å². The highest BCUT2D eigenvalue weighted by molar-refractivity contribution is 5.20. The van der Waals surface area contributed by atoms with Crippen molar-refractivity contribution in [3.8, 4) is 5.88 Å². The average Bonchev–Trinajstić information content (AvgIpc) is 2.25. The van der Waals surface area contributed by atoms with Crippen LogP contribution in [0.3, 0.4) is 0 Å². The molecule has 0 bridgehead atoms. The van der Waals surface area contributed by atoms with Gasteiger partial charge in [0.1, 0.15) is 0 Å². The lowest BCUT2D eigenvalue weighted by atomic mass is 10.2. The molecular formula is C10H11F5N2O. The van der Waals surface area contributed by atoms with E-state index in [0.29, 0.717) is 5.56 Å². The highest BCUT2D eigenvalue weighted by Gasteiger charge is 2.58. The van der Waals surface area contributed by atoms with Gasteiger partial charge in [-0.3, -0.25) is 0 Å². The highest BCUT2D eigenvalue weighted by atomic mass is 19.4. The molecule has 0 aliphatic heterocycles. The minimum atomic E-state index is -5.64. The highest BCUT2D eigenvalue weighted by Crippen LogP contribution is 2.35. The van der Waals surface area contributed by atoms with Crippen LogP contribution in [0.4, 0.5) is 22.0 Å². The molecule has 18 heavy (non-hydrogen) atoms. The molecule has 1 aromatic rings. The van der Waals surface area contributed by atoms with E-state index in [1.54, 1.807) is 6.92 Å². The van der Waals surface area contributed by atoms with E-state index in [1.807, 2.05) is 0 Å². The second-order valence-corrected chi connectivity index (χ2v) is 3.71. The number of hydrogen-bond acceptors (Lipinski definition) is 3. The van der Waals surface area contributed by atoms with E-state index in [4.69, 9.17) is 5.73 Å². The first-order valence-corrected chi connectivity index (χ1v) is 4.92. The standard InChI is InChI=1S/C10H11F5N2O/c1-6(16)7-2-3-8(17-4-7)18-5-9(11,12)10(13,14)15/h2-4,6H,5,16H2,1H3. The Morgan fingerprint density at radius 2 is 1.89 bits per heavy atom.